The maximum absolute atomic E-state index is 12.1. The van der Waals surface area contributed by atoms with E-state index in [1.165, 1.54) is 24.3 Å². The van der Waals surface area contributed by atoms with Gasteiger partial charge in [-0.1, -0.05) is 12.1 Å². The summed E-state index contributed by atoms with van der Waals surface area (Å²) in [6.45, 7) is -0.744. The molecule has 0 aromatic heterocycles. The molecule has 8 nitrogen and oxygen atoms in total. The number of benzene rings is 2. The third-order valence-electron chi connectivity index (χ3n) is 3.03. The van der Waals surface area contributed by atoms with Crippen molar-refractivity contribution in [3.63, 3.8) is 0 Å². The van der Waals surface area contributed by atoms with Crippen LogP contribution in [0.4, 0.5) is 24.5 Å². The number of carbonyl (C=O) groups excluding carboxylic acids is 2. The first kappa shape index (κ1) is 19.7. The standard InChI is InChI=1S/C16H11F3N2O6/c17-16(18,19)27-11-7-5-10(6-8-11)15(23)26-9-14(22)20-12-3-1-2-4-13(12)21(24)25/h1-8H,9H2,(H,20,22). The number of para-hydroxylation sites is 2. The minimum Gasteiger partial charge on any atom is -0.452 e. The molecule has 0 heterocycles. The molecule has 0 bridgehead atoms. The molecule has 2 aromatic rings. The third kappa shape index (κ3) is 5.99. The molecule has 0 aliphatic heterocycles. The monoisotopic (exact) mass is 384 g/mol. The van der Waals surface area contributed by atoms with Gasteiger partial charge in [-0.15, -0.1) is 13.2 Å². The van der Waals surface area contributed by atoms with E-state index < -0.39 is 35.5 Å². The van der Waals surface area contributed by atoms with Crippen LogP contribution >= 0.6 is 0 Å². The summed E-state index contributed by atoms with van der Waals surface area (Å²) in [4.78, 5) is 33.7. The lowest BCUT2D eigenvalue weighted by atomic mass is 10.2. The highest BCUT2D eigenvalue weighted by atomic mass is 19.4. The van der Waals surface area contributed by atoms with E-state index in [4.69, 9.17) is 4.74 Å². The van der Waals surface area contributed by atoms with Crippen molar-refractivity contribution in [2.75, 3.05) is 11.9 Å². The maximum Gasteiger partial charge on any atom is 0.573 e. The molecule has 0 saturated carbocycles. The molecule has 0 fully saturated rings. The van der Waals surface area contributed by atoms with Crippen LogP contribution in [0.3, 0.4) is 0 Å². The number of anilines is 1. The van der Waals surface area contributed by atoms with Crippen LogP contribution < -0.4 is 10.1 Å². The molecule has 0 atom stereocenters. The van der Waals surface area contributed by atoms with Crippen molar-refractivity contribution in [2.45, 2.75) is 6.36 Å². The predicted molar refractivity (Wildman–Crippen MR) is 85.1 cm³/mol. The SMILES string of the molecule is O=C(COC(=O)c1ccc(OC(F)(F)F)cc1)Nc1ccccc1[N+](=O)[O-]. The van der Waals surface area contributed by atoms with Gasteiger partial charge in [0.25, 0.3) is 11.6 Å². The Morgan fingerprint density at radius 3 is 2.30 bits per heavy atom. The number of nitrogens with one attached hydrogen (secondary N) is 1. The number of nitro groups is 1. The van der Waals surface area contributed by atoms with Gasteiger partial charge in [0.2, 0.25) is 0 Å². The fourth-order valence-electron chi connectivity index (χ4n) is 1.93. The van der Waals surface area contributed by atoms with E-state index in [9.17, 15) is 32.9 Å². The molecule has 142 valence electrons. The number of hydrogen-bond donors (Lipinski definition) is 1. The zero-order chi connectivity index (χ0) is 20.0. The molecule has 1 N–H and O–H groups in total. The molecule has 0 aliphatic rings. The summed E-state index contributed by atoms with van der Waals surface area (Å²) in [5, 5.41) is 13.1. The van der Waals surface area contributed by atoms with Crippen molar-refractivity contribution in [3.8, 4) is 5.75 Å². The molecule has 27 heavy (non-hydrogen) atoms. The van der Waals surface area contributed by atoms with Crippen LogP contribution in [-0.2, 0) is 9.53 Å². The summed E-state index contributed by atoms with van der Waals surface area (Å²) in [5.74, 6) is -2.31. The van der Waals surface area contributed by atoms with E-state index in [-0.39, 0.29) is 16.9 Å². The van der Waals surface area contributed by atoms with Gasteiger partial charge in [0.1, 0.15) is 11.4 Å². The van der Waals surface area contributed by atoms with Crippen LogP contribution in [0.15, 0.2) is 48.5 Å². The zero-order valence-electron chi connectivity index (χ0n) is 13.4. The van der Waals surface area contributed by atoms with Crippen molar-refractivity contribution in [1.82, 2.24) is 0 Å². The van der Waals surface area contributed by atoms with Gasteiger partial charge in [-0.25, -0.2) is 4.79 Å². The van der Waals surface area contributed by atoms with Gasteiger partial charge in [-0.3, -0.25) is 14.9 Å². The summed E-state index contributed by atoms with van der Waals surface area (Å²) in [7, 11) is 0. The van der Waals surface area contributed by atoms with Crippen molar-refractivity contribution in [2.24, 2.45) is 0 Å². The highest BCUT2D eigenvalue weighted by Gasteiger charge is 2.31. The summed E-state index contributed by atoms with van der Waals surface area (Å²) in [6, 6.07) is 9.27. The quantitative estimate of drug-likeness (QED) is 0.465. The number of halogens is 3. The highest BCUT2D eigenvalue weighted by molar-refractivity contribution is 5.96. The molecule has 0 saturated heterocycles. The Balaban J connectivity index is 1.92. The number of carbonyl (C=O) groups is 2. The normalized spacial score (nSPS) is 10.8. The number of alkyl halides is 3. The average Bonchev–Trinajstić information content (AvgIpc) is 2.59. The van der Waals surface area contributed by atoms with Gasteiger partial charge in [0.05, 0.1) is 10.5 Å². The average molecular weight is 384 g/mol. The Morgan fingerprint density at radius 1 is 1.07 bits per heavy atom. The summed E-state index contributed by atoms with van der Waals surface area (Å²) < 4.78 is 44.6. The first-order valence-corrected chi connectivity index (χ1v) is 7.22. The number of amides is 1. The van der Waals surface area contributed by atoms with Gasteiger partial charge >= 0.3 is 12.3 Å². The van der Waals surface area contributed by atoms with Crippen molar-refractivity contribution < 1.29 is 37.2 Å². The second-order valence-corrected chi connectivity index (χ2v) is 4.97. The van der Waals surface area contributed by atoms with E-state index in [0.29, 0.717) is 0 Å². The van der Waals surface area contributed by atoms with Crippen LogP contribution in [0.5, 0.6) is 5.75 Å². The first-order valence-electron chi connectivity index (χ1n) is 7.22. The molecule has 2 rings (SSSR count). The second-order valence-electron chi connectivity index (χ2n) is 4.97. The minimum absolute atomic E-state index is 0.0720. The third-order valence-corrected chi connectivity index (χ3v) is 3.03. The van der Waals surface area contributed by atoms with Crippen molar-refractivity contribution >= 4 is 23.3 Å². The fourth-order valence-corrected chi connectivity index (χ4v) is 1.93. The van der Waals surface area contributed by atoms with Gasteiger partial charge < -0.3 is 14.8 Å². The number of ether oxygens (including phenoxy) is 2. The Morgan fingerprint density at radius 2 is 1.70 bits per heavy atom. The number of esters is 1. The molecule has 11 heteroatoms. The molecular weight excluding hydrogens is 373 g/mol. The highest BCUT2D eigenvalue weighted by Crippen LogP contribution is 2.24. The smallest absolute Gasteiger partial charge is 0.452 e. The molecule has 0 spiro atoms. The molecule has 0 aliphatic carbocycles. The van der Waals surface area contributed by atoms with Crippen LogP contribution in [0.1, 0.15) is 10.4 Å². The predicted octanol–water partition coefficient (Wildman–Crippen LogP) is 3.29. The fraction of sp³-hybridized carbons (Fsp3) is 0.125. The molecule has 0 radical (unpaired) electrons. The van der Waals surface area contributed by atoms with Crippen LogP contribution in [0.2, 0.25) is 0 Å². The summed E-state index contributed by atoms with van der Waals surface area (Å²) in [5.41, 5.74) is -0.516. The molecule has 2 aromatic carbocycles. The second kappa shape index (κ2) is 8.17. The van der Waals surface area contributed by atoms with Crippen LogP contribution in [0.25, 0.3) is 0 Å². The van der Waals surface area contributed by atoms with Crippen LogP contribution in [0, 0.1) is 10.1 Å². The summed E-state index contributed by atoms with van der Waals surface area (Å²) in [6.07, 6.45) is -4.86. The van der Waals surface area contributed by atoms with Crippen molar-refractivity contribution in [3.05, 3.63) is 64.2 Å². The lowest BCUT2D eigenvalue weighted by Crippen LogP contribution is -2.21. The Bertz CT molecular complexity index is 852. The molecular formula is C16H11F3N2O6. The van der Waals surface area contributed by atoms with Gasteiger partial charge in [0, 0.05) is 6.07 Å². The Hall–Kier alpha value is -3.63. The number of nitrogens with zero attached hydrogens (tertiary/aromatic N) is 1. The summed E-state index contributed by atoms with van der Waals surface area (Å²) >= 11 is 0. The number of nitro benzene ring substituents is 1. The molecule has 0 unspecified atom stereocenters. The molecule has 1 amide bonds. The minimum atomic E-state index is -4.86. The largest absolute Gasteiger partial charge is 0.573 e. The Kier molecular flexibility index (Phi) is 5.96. The maximum atomic E-state index is 12.1. The Labute approximate surface area is 149 Å². The number of hydrogen-bond acceptors (Lipinski definition) is 6. The van der Waals surface area contributed by atoms with E-state index in [2.05, 4.69) is 10.1 Å². The van der Waals surface area contributed by atoms with Gasteiger partial charge in [-0.2, -0.15) is 0 Å². The van der Waals surface area contributed by atoms with Gasteiger partial charge in [-0.05, 0) is 30.3 Å². The van der Waals surface area contributed by atoms with E-state index in [1.807, 2.05) is 0 Å². The lowest BCUT2D eigenvalue weighted by molar-refractivity contribution is -0.383. The number of rotatable bonds is 6. The topological polar surface area (TPSA) is 108 Å². The lowest BCUT2D eigenvalue weighted by Gasteiger charge is -2.09. The van der Waals surface area contributed by atoms with Gasteiger partial charge in [0.15, 0.2) is 6.61 Å². The van der Waals surface area contributed by atoms with E-state index >= 15 is 0 Å². The van der Waals surface area contributed by atoms with E-state index in [0.717, 1.165) is 24.3 Å². The first-order chi connectivity index (χ1) is 12.7. The van der Waals surface area contributed by atoms with Crippen molar-refractivity contribution in [1.29, 1.82) is 0 Å². The zero-order valence-corrected chi connectivity index (χ0v) is 13.4. The van der Waals surface area contributed by atoms with Crippen LogP contribution in [-0.4, -0.2) is 29.8 Å². The van der Waals surface area contributed by atoms with E-state index in [1.54, 1.807) is 0 Å².